The van der Waals surface area contributed by atoms with Crippen molar-refractivity contribution in [2.24, 2.45) is 5.10 Å². The van der Waals surface area contributed by atoms with Crippen LogP contribution in [-0.2, 0) is 6.54 Å². The molecule has 1 fully saturated rings. The molecule has 0 radical (unpaired) electrons. The number of piperidine rings is 1. The van der Waals surface area contributed by atoms with Crippen LogP contribution in [-0.4, -0.2) is 42.1 Å². The van der Waals surface area contributed by atoms with E-state index in [1.165, 1.54) is 6.42 Å². The Morgan fingerprint density at radius 2 is 1.73 bits per heavy atom. The number of rotatable bonds is 5. The maximum Gasteiger partial charge on any atom is 0.253 e. The van der Waals surface area contributed by atoms with Gasteiger partial charge in [0.2, 0.25) is 0 Å². The Balaban J connectivity index is 1.35. The van der Waals surface area contributed by atoms with Crippen LogP contribution in [0.3, 0.4) is 0 Å². The molecule has 0 spiro atoms. The molecule has 2 aliphatic rings. The molecule has 2 heterocycles. The van der Waals surface area contributed by atoms with E-state index in [2.05, 4.69) is 10.4 Å². The van der Waals surface area contributed by atoms with Gasteiger partial charge in [0.25, 0.3) is 11.8 Å². The molecule has 0 aliphatic carbocycles. The van der Waals surface area contributed by atoms with Crippen molar-refractivity contribution in [2.45, 2.75) is 39.2 Å². The van der Waals surface area contributed by atoms with Crippen molar-refractivity contribution in [1.29, 1.82) is 0 Å². The van der Waals surface area contributed by atoms with Gasteiger partial charge in [-0.05, 0) is 68.1 Å². The summed E-state index contributed by atoms with van der Waals surface area (Å²) in [5.41, 5.74) is 4.34. The van der Waals surface area contributed by atoms with Crippen LogP contribution in [0.2, 0.25) is 0 Å². The van der Waals surface area contributed by atoms with E-state index >= 15 is 0 Å². The Hall–Kier alpha value is -3.15. The van der Waals surface area contributed by atoms with Gasteiger partial charge in [0.15, 0.2) is 0 Å². The first kappa shape index (κ1) is 20.1. The fourth-order valence-electron chi connectivity index (χ4n) is 3.92. The topological polar surface area (TPSA) is 65.0 Å². The van der Waals surface area contributed by atoms with E-state index in [0.717, 1.165) is 55.9 Å². The molecule has 6 heteroatoms. The number of carbonyl (C=O) groups excluding carboxylic acids is 2. The number of benzene rings is 2. The number of anilines is 1. The first-order valence-electron chi connectivity index (χ1n) is 10.7. The maximum absolute atomic E-state index is 12.7. The molecule has 2 amide bonds. The van der Waals surface area contributed by atoms with E-state index in [4.69, 9.17) is 0 Å². The van der Waals surface area contributed by atoms with Gasteiger partial charge in [-0.1, -0.05) is 12.1 Å². The zero-order valence-electron chi connectivity index (χ0n) is 17.4. The summed E-state index contributed by atoms with van der Waals surface area (Å²) in [6, 6.07) is 15.0. The lowest BCUT2D eigenvalue weighted by molar-refractivity contribution is 0.0724. The van der Waals surface area contributed by atoms with Crippen molar-refractivity contribution in [3.05, 3.63) is 65.2 Å². The highest BCUT2D eigenvalue weighted by Crippen LogP contribution is 2.20. The fraction of sp³-hybridized carbons (Fsp3) is 0.375. The Morgan fingerprint density at radius 3 is 2.43 bits per heavy atom. The molecule has 2 aromatic rings. The van der Waals surface area contributed by atoms with Crippen molar-refractivity contribution >= 4 is 23.2 Å². The van der Waals surface area contributed by atoms with Gasteiger partial charge in [-0.25, -0.2) is 0 Å². The number of carbonyl (C=O) groups is 2. The Kier molecular flexibility index (Phi) is 6.12. The van der Waals surface area contributed by atoms with Gasteiger partial charge in [0.1, 0.15) is 0 Å². The molecule has 156 valence electrons. The zero-order chi connectivity index (χ0) is 20.9. The third kappa shape index (κ3) is 4.70. The number of hydrazone groups is 1. The molecule has 0 unspecified atom stereocenters. The standard InChI is InChI=1S/C24H28N4O2/c1-18-12-15-28(26-18)22-10-8-20(9-11-22)23(29)25-17-19-6-5-7-21(16-19)24(30)27-13-3-2-4-14-27/h5-11,16H,2-4,12-15,17H2,1H3,(H,25,29). The molecule has 0 bridgehead atoms. The lowest BCUT2D eigenvalue weighted by Crippen LogP contribution is -2.35. The van der Waals surface area contributed by atoms with Crippen molar-refractivity contribution in [2.75, 3.05) is 24.6 Å². The first-order valence-corrected chi connectivity index (χ1v) is 10.7. The van der Waals surface area contributed by atoms with Crippen molar-refractivity contribution in [1.82, 2.24) is 10.2 Å². The van der Waals surface area contributed by atoms with E-state index in [9.17, 15) is 9.59 Å². The Bertz CT molecular complexity index is 946. The number of amides is 2. The smallest absolute Gasteiger partial charge is 0.253 e. The molecule has 0 aromatic heterocycles. The van der Waals surface area contributed by atoms with Crippen LogP contribution >= 0.6 is 0 Å². The van der Waals surface area contributed by atoms with Gasteiger partial charge in [-0.15, -0.1) is 0 Å². The molecule has 2 aliphatic heterocycles. The summed E-state index contributed by atoms with van der Waals surface area (Å²) in [5, 5.41) is 9.40. The monoisotopic (exact) mass is 404 g/mol. The van der Waals surface area contributed by atoms with Crippen molar-refractivity contribution in [3.8, 4) is 0 Å². The number of hydrogen-bond acceptors (Lipinski definition) is 4. The normalized spacial score (nSPS) is 16.4. The minimum absolute atomic E-state index is 0.0817. The molecule has 1 saturated heterocycles. The van der Waals surface area contributed by atoms with E-state index in [-0.39, 0.29) is 11.8 Å². The van der Waals surface area contributed by atoms with Crippen molar-refractivity contribution in [3.63, 3.8) is 0 Å². The van der Waals surface area contributed by atoms with E-state index in [1.54, 1.807) is 0 Å². The molecule has 6 nitrogen and oxygen atoms in total. The Labute approximate surface area is 177 Å². The first-order chi connectivity index (χ1) is 14.6. The molecule has 0 saturated carbocycles. The van der Waals surface area contributed by atoms with Gasteiger partial charge in [0, 0.05) is 49.4 Å². The van der Waals surface area contributed by atoms with Crippen LogP contribution in [0.25, 0.3) is 0 Å². The molecule has 1 N–H and O–H groups in total. The second-order valence-electron chi connectivity index (χ2n) is 7.99. The van der Waals surface area contributed by atoms with Gasteiger partial charge in [0.05, 0.1) is 5.69 Å². The summed E-state index contributed by atoms with van der Waals surface area (Å²) in [7, 11) is 0. The number of nitrogens with one attached hydrogen (secondary N) is 1. The molecule has 2 aromatic carbocycles. The lowest BCUT2D eigenvalue weighted by atomic mass is 10.1. The molecule has 0 atom stereocenters. The summed E-state index contributed by atoms with van der Waals surface area (Å²) in [5.74, 6) is -0.0475. The van der Waals surface area contributed by atoms with Gasteiger partial charge >= 0.3 is 0 Å². The van der Waals surface area contributed by atoms with Crippen molar-refractivity contribution < 1.29 is 9.59 Å². The molecule has 30 heavy (non-hydrogen) atoms. The van der Waals surface area contributed by atoms with Gasteiger partial charge in [-0.3, -0.25) is 14.6 Å². The average molecular weight is 405 g/mol. The lowest BCUT2D eigenvalue weighted by Gasteiger charge is -2.26. The fourth-order valence-corrected chi connectivity index (χ4v) is 3.92. The summed E-state index contributed by atoms with van der Waals surface area (Å²) < 4.78 is 0. The quantitative estimate of drug-likeness (QED) is 0.824. The number of nitrogens with zero attached hydrogens (tertiary/aromatic N) is 3. The van der Waals surface area contributed by atoms with E-state index < -0.39 is 0 Å². The third-order valence-corrected chi connectivity index (χ3v) is 5.67. The highest BCUT2D eigenvalue weighted by atomic mass is 16.2. The zero-order valence-corrected chi connectivity index (χ0v) is 17.4. The summed E-state index contributed by atoms with van der Waals surface area (Å²) in [4.78, 5) is 27.2. The van der Waals surface area contributed by atoms with Crippen LogP contribution in [0.5, 0.6) is 0 Å². The van der Waals surface area contributed by atoms with E-state index in [0.29, 0.717) is 17.7 Å². The maximum atomic E-state index is 12.7. The highest BCUT2D eigenvalue weighted by Gasteiger charge is 2.18. The van der Waals surface area contributed by atoms with E-state index in [1.807, 2.05) is 65.4 Å². The number of hydrogen-bond donors (Lipinski definition) is 1. The molecular weight excluding hydrogens is 376 g/mol. The second kappa shape index (κ2) is 9.11. The summed E-state index contributed by atoms with van der Waals surface area (Å²) >= 11 is 0. The predicted molar refractivity (Wildman–Crippen MR) is 119 cm³/mol. The van der Waals surface area contributed by atoms with Gasteiger partial charge < -0.3 is 10.2 Å². The van der Waals surface area contributed by atoms with Gasteiger partial charge in [-0.2, -0.15) is 5.10 Å². The van der Waals surface area contributed by atoms with Crippen LogP contribution in [0, 0.1) is 0 Å². The summed E-state index contributed by atoms with van der Waals surface area (Å²) in [6.07, 6.45) is 4.32. The van der Waals surface area contributed by atoms with Crippen LogP contribution in [0.4, 0.5) is 5.69 Å². The number of likely N-dealkylation sites (tertiary alicyclic amines) is 1. The SMILES string of the molecule is CC1=NN(c2ccc(C(=O)NCc3cccc(C(=O)N4CCCCC4)c3)cc2)CC1. The van der Waals surface area contributed by atoms with Crippen LogP contribution < -0.4 is 10.3 Å². The largest absolute Gasteiger partial charge is 0.348 e. The second-order valence-corrected chi connectivity index (χ2v) is 7.99. The molecular formula is C24H28N4O2. The third-order valence-electron chi connectivity index (χ3n) is 5.67. The van der Waals surface area contributed by atoms with Crippen LogP contribution in [0.15, 0.2) is 53.6 Å². The highest BCUT2D eigenvalue weighted by molar-refractivity contribution is 5.95. The van der Waals surface area contributed by atoms with Crippen LogP contribution in [0.1, 0.15) is 58.9 Å². The minimum atomic E-state index is -0.129. The summed E-state index contributed by atoms with van der Waals surface area (Å²) in [6.45, 7) is 4.95. The molecule has 4 rings (SSSR count). The minimum Gasteiger partial charge on any atom is -0.348 e. The average Bonchev–Trinajstić information content (AvgIpc) is 3.24. The predicted octanol–water partition coefficient (Wildman–Crippen LogP) is 3.83. The Morgan fingerprint density at radius 1 is 0.967 bits per heavy atom.